The third-order valence-corrected chi connectivity index (χ3v) is 5.21. The van der Waals surface area contributed by atoms with E-state index in [4.69, 9.17) is 4.99 Å². The van der Waals surface area contributed by atoms with Crippen LogP contribution >= 0.6 is 27.7 Å². The molecule has 1 aromatic carbocycles. The molecule has 2 aliphatic rings. The highest BCUT2D eigenvalue weighted by Gasteiger charge is 2.35. The Morgan fingerprint density at radius 2 is 2.24 bits per heavy atom. The van der Waals surface area contributed by atoms with Crippen molar-refractivity contribution >= 4 is 32.7 Å². The number of nitrogens with zero attached hydrogens (tertiary/aromatic N) is 1. The van der Waals surface area contributed by atoms with Crippen molar-refractivity contribution in [2.24, 2.45) is 4.99 Å². The largest absolute Gasteiger partial charge is 0.393 e. The molecule has 0 radical (unpaired) electrons. The third kappa shape index (κ3) is 2.44. The van der Waals surface area contributed by atoms with Crippen molar-refractivity contribution in [2.75, 3.05) is 0 Å². The van der Waals surface area contributed by atoms with Crippen LogP contribution in [0.2, 0.25) is 0 Å². The van der Waals surface area contributed by atoms with E-state index in [1.54, 1.807) is 0 Å². The van der Waals surface area contributed by atoms with Gasteiger partial charge < -0.3 is 5.11 Å². The van der Waals surface area contributed by atoms with E-state index in [2.05, 4.69) is 28.1 Å². The molecule has 2 nitrogen and oxygen atoms in total. The molecule has 1 saturated carbocycles. The summed E-state index contributed by atoms with van der Waals surface area (Å²) in [6, 6.07) is 8.70. The molecule has 90 valence electrons. The Kier molecular flexibility index (Phi) is 3.28. The zero-order valence-corrected chi connectivity index (χ0v) is 11.7. The first kappa shape index (κ1) is 11.8. The molecule has 3 unspecified atom stereocenters. The lowest BCUT2D eigenvalue weighted by molar-refractivity contribution is 0.127. The number of fused-ring (bicyclic) bond motifs is 1. The molecule has 17 heavy (non-hydrogen) atoms. The van der Waals surface area contributed by atoms with Gasteiger partial charge in [0, 0.05) is 15.3 Å². The lowest BCUT2D eigenvalue weighted by atomic mass is 9.93. The maximum absolute atomic E-state index is 9.69. The zero-order chi connectivity index (χ0) is 11.8. The summed E-state index contributed by atoms with van der Waals surface area (Å²) in [5.41, 5.74) is 1.19. The molecule has 1 fully saturated rings. The highest BCUT2D eigenvalue weighted by atomic mass is 79.9. The average Bonchev–Trinajstić information content (AvgIpc) is 2.72. The monoisotopic (exact) mass is 311 g/mol. The number of thioether (sulfide) groups is 1. The van der Waals surface area contributed by atoms with Gasteiger partial charge in [0.2, 0.25) is 0 Å². The quantitative estimate of drug-likeness (QED) is 0.863. The fraction of sp³-hybridized carbons (Fsp3) is 0.462. The van der Waals surface area contributed by atoms with E-state index in [1.807, 2.05) is 23.9 Å². The van der Waals surface area contributed by atoms with Crippen molar-refractivity contribution in [3.8, 4) is 0 Å². The number of hydrogen-bond donors (Lipinski definition) is 1. The summed E-state index contributed by atoms with van der Waals surface area (Å²) in [4.78, 5) is 4.80. The predicted molar refractivity (Wildman–Crippen MR) is 75.7 cm³/mol. The van der Waals surface area contributed by atoms with Crippen LogP contribution in [0.1, 0.15) is 24.8 Å². The highest BCUT2D eigenvalue weighted by Crippen LogP contribution is 2.39. The van der Waals surface area contributed by atoms with Crippen LogP contribution in [0.3, 0.4) is 0 Å². The first-order valence-electron chi connectivity index (χ1n) is 5.91. The minimum Gasteiger partial charge on any atom is -0.393 e. The normalized spacial score (nSPS) is 32.1. The van der Waals surface area contributed by atoms with E-state index < -0.39 is 0 Å². The molecule has 0 aromatic heterocycles. The van der Waals surface area contributed by atoms with Crippen LogP contribution in [0.4, 0.5) is 0 Å². The van der Waals surface area contributed by atoms with E-state index >= 15 is 0 Å². The SMILES string of the molecule is OC1CCC2N=C(c3cccc(Br)c3)SC2C1. The number of hydrogen-bond acceptors (Lipinski definition) is 3. The van der Waals surface area contributed by atoms with E-state index in [1.165, 1.54) is 5.56 Å². The summed E-state index contributed by atoms with van der Waals surface area (Å²) in [6.07, 6.45) is 2.68. The number of rotatable bonds is 1. The van der Waals surface area contributed by atoms with Crippen molar-refractivity contribution in [3.63, 3.8) is 0 Å². The number of aliphatic hydroxyl groups excluding tert-OH is 1. The Morgan fingerprint density at radius 3 is 3.06 bits per heavy atom. The van der Waals surface area contributed by atoms with Crippen LogP contribution in [0, 0.1) is 0 Å². The Hall–Kier alpha value is -0.320. The molecule has 0 amide bonds. The second-order valence-electron chi connectivity index (χ2n) is 4.64. The summed E-state index contributed by atoms with van der Waals surface area (Å²) in [5.74, 6) is 0. The van der Waals surface area contributed by atoms with Crippen LogP contribution in [0.5, 0.6) is 0 Å². The molecule has 3 atom stereocenters. The number of halogens is 1. The van der Waals surface area contributed by atoms with Gasteiger partial charge in [0.15, 0.2) is 0 Å². The smallest absolute Gasteiger partial charge is 0.0984 e. The van der Waals surface area contributed by atoms with Crippen molar-refractivity contribution in [3.05, 3.63) is 34.3 Å². The minimum absolute atomic E-state index is 0.124. The summed E-state index contributed by atoms with van der Waals surface area (Å²) in [6.45, 7) is 0. The van der Waals surface area contributed by atoms with E-state index in [9.17, 15) is 5.11 Å². The van der Waals surface area contributed by atoms with E-state index in [0.29, 0.717) is 11.3 Å². The first-order chi connectivity index (χ1) is 8.22. The standard InChI is InChI=1S/C13H14BrNOS/c14-9-3-1-2-8(6-9)13-15-11-5-4-10(16)7-12(11)17-13/h1-3,6,10-12,16H,4-5,7H2. The van der Waals surface area contributed by atoms with Crippen LogP contribution in [-0.2, 0) is 0 Å². The lowest BCUT2D eigenvalue weighted by Crippen LogP contribution is -2.30. The highest BCUT2D eigenvalue weighted by molar-refractivity contribution is 9.10. The van der Waals surface area contributed by atoms with Crippen molar-refractivity contribution in [2.45, 2.75) is 36.7 Å². The van der Waals surface area contributed by atoms with E-state index in [-0.39, 0.29) is 6.10 Å². The van der Waals surface area contributed by atoms with E-state index in [0.717, 1.165) is 28.8 Å². The van der Waals surface area contributed by atoms with Gasteiger partial charge in [-0.2, -0.15) is 0 Å². The van der Waals surface area contributed by atoms with Crippen molar-refractivity contribution < 1.29 is 5.11 Å². The molecule has 0 saturated heterocycles. The predicted octanol–water partition coefficient (Wildman–Crippen LogP) is 3.22. The second kappa shape index (κ2) is 4.75. The van der Waals surface area contributed by atoms with Crippen molar-refractivity contribution in [1.82, 2.24) is 0 Å². The minimum atomic E-state index is -0.124. The van der Waals surface area contributed by atoms with Gasteiger partial charge in [0.25, 0.3) is 0 Å². The molecular weight excluding hydrogens is 298 g/mol. The summed E-state index contributed by atoms with van der Waals surface area (Å²) in [5, 5.41) is 11.3. The van der Waals surface area contributed by atoms with Crippen molar-refractivity contribution in [1.29, 1.82) is 0 Å². The maximum atomic E-state index is 9.69. The van der Waals surface area contributed by atoms with Gasteiger partial charge in [0.05, 0.1) is 17.2 Å². The first-order valence-corrected chi connectivity index (χ1v) is 7.58. The fourth-order valence-electron chi connectivity index (χ4n) is 2.45. The van der Waals surface area contributed by atoms with Gasteiger partial charge >= 0.3 is 0 Å². The average molecular weight is 312 g/mol. The maximum Gasteiger partial charge on any atom is 0.0984 e. The molecule has 3 rings (SSSR count). The van der Waals surface area contributed by atoms with Gasteiger partial charge in [-0.05, 0) is 31.4 Å². The van der Waals surface area contributed by atoms with Gasteiger partial charge in [-0.25, -0.2) is 0 Å². The molecule has 0 bridgehead atoms. The van der Waals surface area contributed by atoms with Crippen LogP contribution in [0.25, 0.3) is 0 Å². The summed E-state index contributed by atoms with van der Waals surface area (Å²) in [7, 11) is 0. The summed E-state index contributed by atoms with van der Waals surface area (Å²) < 4.78 is 1.09. The molecule has 1 aliphatic heterocycles. The Morgan fingerprint density at radius 1 is 1.35 bits per heavy atom. The Balaban J connectivity index is 1.82. The lowest BCUT2D eigenvalue weighted by Gasteiger charge is -2.26. The van der Waals surface area contributed by atoms with Crippen LogP contribution in [-0.4, -0.2) is 27.5 Å². The van der Waals surface area contributed by atoms with Gasteiger partial charge in [-0.15, -0.1) is 11.8 Å². The van der Waals surface area contributed by atoms with Gasteiger partial charge in [0.1, 0.15) is 0 Å². The Labute approximate surface area is 114 Å². The Bertz CT molecular complexity index is 462. The van der Waals surface area contributed by atoms with Gasteiger partial charge in [-0.3, -0.25) is 4.99 Å². The topological polar surface area (TPSA) is 32.6 Å². The van der Waals surface area contributed by atoms with Gasteiger partial charge in [-0.1, -0.05) is 28.1 Å². The molecular formula is C13H14BrNOS. The molecule has 1 aromatic rings. The molecule has 1 heterocycles. The zero-order valence-electron chi connectivity index (χ0n) is 9.34. The second-order valence-corrected chi connectivity index (χ2v) is 6.78. The van der Waals surface area contributed by atoms with Crippen LogP contribution in [0.15, 0.2) is 33.7 Å². The third-order valence-electron chi connectivity index (χ3n) is 3.35. The molecule has 0 spiro atoms. The number of aliphatic hydroxyl groups is 1. The molecule has 1 aliphatic carbocycles. The molecule has 1 N–H and O–H groups in total. The number of aliphatic imine (C=N–C) groups is 1. The fourth-order valence-corrected chi connectivity index (χ4v) is 4.27. The van der Waals surface area contributed by atoms with Crippen LogP contribution < -0.4 is 0 Å². The number of benzene rings is 1. The summed E-state index contributed by atoms with van der Waals surface area (Å²) >= 11 is 5.32. The molecule has 4 heteroatoms.